The van der Waals surface area contributed by atoms with Crippen LogP contribution in [0.25, 0.3) is 0 Å². The Morgan fingerprint density at radius 2 is 2.36 bits per heavy atom. The third kappa shape index (κ3) is 3.73. The van der Waals surface area contributed by atoms with Crippen LogP contribution in [0.5, 0.6) is 0 Å². The number of nitrogens with one attached hydrogen (secondary N) is 1. The Balaban J connectivity index is 2.31. The quantitative estimate of drug-likeness (QED) is 0.712. The molecule has 1 saturated carbocycles. The molecule has 0 aliphatic heterocycles. The number of amides is 1. The van der Waals surface area contributed by atoms with Gasteiger partial charge in [-0.3, -0.25) is 4.79 Å². The average Bonchev–Trinajstić information content (AvgIpc) is 2.54. The lowest BCUT2D eigenvalue weighted by molar-refractivity contribution is -0.121. The van der Waals surface area contributed by atoms with Gasteiger partial charge in [-0.15, -0.1) is 0 Å². The van der Waals surface area contributed by atoms with Gasteiger partial charge in [0.15, 0.2) is 0 Å². The van der Waals surface area contributed by atoms with Crippen LogP contribution in [-0.4, -0.2) is 28.7 Å². The van der Waals surface area contributed by atoms with Crippen molar-refractivity contribution >= 4 is 30.3 Å². The summed E-state index contributed by atoms with van der Waals surface area (Å²) < 4.78 is 0. The molecule has 82 valence electrons. The fourth-order valence-corrected chi connectivity index (χ4v) is 3.29. The summed E-state index contributed by atoms with van der Waals surface area (Å²) in [6.45, 7) is 2.18. The second-order valence-corrected chi connectivity index (χ2v) is 5.54. The van der Waals surface area contributed by atoms with E-state index in [4.69, 9.17) is 0 Å². The maximum absolute atomic E-state index is 11.4. The highest BCUT2D eigenvalue weighted by Gasteiger charge is 2.27. The lowest BCUT2D eigenvalue weighted by atomic mass is 10.2. The Kier molecular flexibility index (Phi) is 5.78. The Morgan fingerprint density at radius 3 is 3.00 bits per heavy atom. The average molecular weight is 233 g/mol. The standard InChI is InChI=1S/C10H19NOS2/c1-2-14-9-5-3-4-8(9)11-10(12)6-7-13/h8-9,13H,2-7H2,1H3,(H,11,12). The number of thioether (sulfide) groups is 1. The van der Waals surface area contributed by atoms with E-state index in [0.717, 1.165) is 12.2 Å². The number of hydrogen-bond acceptors (Lipinski definition) is 3. The van der Waals surface area contributed by atoms with E-state index in [9.17, 15) is 4.79 Å². The molecular weight excluding hydrogens is 214 g/mol. The monoisotopic (exact) mass is 233 g/mol. The first-order chi connectivity index (χ1) is 6.77. The Labute approximate surface area is 96.0 Å². The predicted octanol–water partition coefficient (Wildman–Crippen LogP) is 2.10. The van der Waals surface area contributed by atoms with Crippen molar-refractivity contribution in [3.05, 3.63) is 0 Å². The zero-order valence-corrected chi connectivity index (χ0v) is 10.4. The lowest BCUT2D eigenvalue weighted by Gasteiger charge is -2.19. The molecule has 0 saturated heterocycles. The molecule has 0 radical (unpaired) electrons. The molecule has 4 heteroatoms. The van der Waals surface area contributed by atoms with Crippen LogP contribution in [0, 0.1) is 0 Å². The van der Waals surface area contributed by atoms with Gasteiger partial charge in [0.2, 0.25) is 5.91 Å². The van der Waals surface area contributed by atoms with Crippen LogP contribution in [0.3, 0.4) is 0 Å². The van der Waals surface area contributed by atoms with E-state index in [-0.39, 0.29) is 5.91 Å². The number of carbonyl (C=O) groups excluding carboxylic acids is 1. The Bertz CT molecular complexity index is 187. The van der Waals surface area contributed by atoms with E-state index in [1.54, 1.807) is 0 Å². The maximum Gasteiger partial charge on any atom is 0.221 e. The second-order valence-electron chi connectivity index (χ2n) is 3.57. The molecule has 2 nitrogen and oxygen atoms in total. The van der Waals surface area contributed by atoms with Gasteiger partial charge >= 0.3 is 0 Å². The van der Waals surface area contributed by atoms with E-state index < -0.39 is 0 Å². The molecule has 2 unspecified atom stereocenters. The number of thiol groups is 1. The van der Waals surface area contributed by atoms with Gasteiger partial charge in [0, 0.05) is 17.7 Å². The molecule has 1 fully saturated rings. The molecule has 0 aromatic carbocycles. The lowest BCUT2D eigenvalue weighted by Crippen LogP contribution is -2.38. The first kappa shape index (κ1) is 12.2. The molecule has 1 N–H and O–H groups in total. The van der Waals surface area contributed by atoms with Gasteiger partial charge < -0.3 is 5.32 Å². The minimum absolute atomic E-state index is 0.161. The van der Waals surface area contributed by atoms with E-state index in [2.05, 4.69) is 24.9 Å². The molecule has 1 amide bonds. The summed E-state index contributed by atoms with van der Waals surface area (Å²) in [6, 6.07) is 0.410. The zero-order valence-electron chi connectivity index (χ0n) is 8.66. The van der Waals surface area contributed by atoms with Crippen molar-refractivity contribution in [3.63, 3.8) is 0 Å². The van der Waals surface area contributed by atoms with Crippen molar-refractivity contribution in [2.45, 2.75) is 43.9 Å². The van der Waals surface area contributed by atoms with Crippen molar-refractivity contribution < 1.29 is 4.79 Å². The summed E-state index contributed by atoms with van der Waals surface area (Å²) in [5, 5.41) is 3.75. The van der Waals surface area contributed by atoms with Gasteiger partial charge in [-0.2, -0.15) is 24.4 Å². The minimum Gasteiger partial charge on any atom is -0.352 e. The van der Waals surface area contributed by atoms with Crippen LogP contribution in [0.15, 0.2) is 0 Å². The third-order valence-electron chi connectivity index (χ3n) is 2.52. The number of carbonyl (C=O) groups is 1. The highest BCUT2D eigenvalue weighted by atomic mass is 32.2. The van der Waals surface area contributed by atoms with Gasteiger partial charge in [0.05, 0.1) is 0 Å². The van der Waals surface area contributed by atoms with Crippen LogP contribution in [0.2, 0.25) is 0 Å². The molecule has 1 aliphatic rings. The van der Waals surface area contributed by atoms with Crippen molar-refractivity contribution in [3.8, 4) is 0 Å². The summed E-state index contributed by atoms with van der Waals surface area (Å²) in [5.74, 6) is 1.95. The van der Waals surface area contributed by atoms with Crippen molar-refractivity contribution in [2.24, 2.45) is 0 Å². The summed E-state index contributed by atoms with van der Waals surface area (Å²) >= 11 is 6.03. The largest absolute Gasteiger partial charge is 0.352 e. The zero-order chi connectivity index (χ0) is 10.4. The van der Waals surface area contributed by atoms with E-state index in [1.165, 1.54) is 12.8 Å². The Morgan fingerprint density at radius 1 is 1.57 bits per heavy atom. The maximum atomic E-state index is 11.4. The van der Waals surface area contributed by atoms with Crippen LogP contribution in [0.4, 0.5) is 0 Å². The molecule has 1 rings (SSSR count). The van der Waals surface area contributed by atoms with Crippen LogP contribution < -0.4 is 5.32 Å². The van der Waals surface area contributed by atoms with Gasteiger partial charge in [-0.1, -0.05) is 13.3 Å². The summed E-state index contributed by atoms with van der Waals surface area (Å²) in [5.41, 5.74) is 0. The SMILES string of the molecule is CCSC1CCCC1NC(=O)CCS. The fourth-order valence-electron chi connectivity index (χ4n) is 1.89. The van der Waals surface area contributed by atoms with Gasteiger partial charge in [-0.25, -0.2) is 0 Å². The number of rotatable bonds is 5. The highest BCUT2D eigenvalue weighted by Crippen LogP contribution is 2.29. The first-order valence-corrected chi connectivity index (χ1v) is 6.98. The van der Waals surface area contributed by atoms with Gasteiger partial charge in [0.25, 0.3) is 0 Å². The molecular formula is C10H19NOS2. The molecule has 0 aromatic heterocycles. The number of hydrogen-bond donors (Lipinski definition) is 2. The molecule has 0 bridgehead atoms. The topological polar surface area (TPSA) is 29.1 Å². The van der Waals surface area contributed by atoms with Gasteiger partial charge in [-0.05, 0) is 24.3 Å². The molecule has 1 aliphatic carbocycles. The van der Waals surface area contributed by atoms with Crippen LogP contribution in [-0.2, 0) is 4.79 Å². The van der Waals surface area contributed by atoms with Crippen molar-refractivity contribution in [2.75, 3.05) is 11.5 Å². The van der Waals surface area contributed by atoms with Gasteiger partial charge in [0.1, 0.15) is 0 Å². The van der Waals surface area contributed by atoms with E-state index in [1.807, 2.05) is 11.8 Å². The summed E-state index contributed by atoms with van der Waals surface area (Å²) in [6.07, 6.45) is 4.20. The summed E-state index contributed by atoms with van der Waals surface area (Å²) in [7, 11) is 0. The third-order valence-corrected chi connectivity index (χ3v) is 4.07. The molecule has 2 atom stereocenters. The van der Waals surface area contributed by atoms with E-state index in [0.29, 0.717) is 23.5 Å². The van der Waals surface area contributed by atoms with Crippen LogP contribution in [0.1, 0.15) is 32.6 Å². The fraction of sp³-hybridized carbons (Fsp3) is 0.900. The van der Waals surface area contributed by atoms with Crippen LogP contribution >= 0.6 is 24.4 Å². The van der Waals surface area contributed by atoms with Crippen molar-refractivity contribution in [1.29, 1.82) is 0 Å². The first-order valence-electron chi connectivity index (χ1n) is 5.29. The van der Waals surface area contributed by atoms with Crippen molar-refractivity contribution in [1.82, 2.24) is 5.32 Å². The molecule has 0 heterocycles. The normalized spacial score (nSPS) is 26.4. The molecule has 14 heavy (non-hydrogen) atoms. The second kappa shape index (κ2) is 6.62. The Hall–Kier alpha value is 0.170. The minimum atomic E-state index is 0.161. The molecule has 0 spiro atoms. The highest BCUT2D eigenvalue weighted by molar-refractivity contribution is 7.99. The van der Waals surface area contributed by atoms with E-state index >= 15 is 0 Å². The summed E-state index contributed by atoms with van der Waals surface area (Å²) in [4.78, 5) is 11.4. The smallest absolute Gasteiger partial charge is 0.221 e. The predicted molar refractivity (Wildman–Crippen MR) is 66.2 cm³/mol. The molecule has 0 aromatic rings.